The first-order valence-corrected chi connectivity index (χ1v) is 14.1. The van der Waals surface area contributed by atoms with Gasteiger partial charge in [-0.2, -0.15) is 13.2 Å². The van der Waals surface area contributed by atoms with Crippen LogP contribution in [0.25, 0.3) is 16.1 Å². The number of rotatable bonds is 7. The van der Waals surface area contributed by atoms with Crippen LogP contribution < -0.4 is 5.32 Å². The minimum atomic E-state index is -5.25. The van der Waals surface area contributed by atoms with Crippen LogP contribution in [0, 0.1) is 20.8 Å². The molecule has 0 amide bonds. The second-order valence-corrected chi connectivity index (χ2v) is 11.1. The van der Waals surface area contributed by atoms with Crippen LogP contribution in [0.1, 0.15) is 45.7 Å². The fourth-order valence-corrected chi connectivity index (χ4v) is 5.95. The Morgan fingerprint density at radius 1 is 0.932 bits per heavy atom. The normalized spacial score (nSPS) is 14.2. The molecule has 0 aliphatic carbocycles. The van der Waals surface area contributed by atoms with Crippen molar-refractivity contribution in [3.05, 3.63) is 81.7 Å². The molecule has 1 aliphatic rings. The molecule has 0 unspecified atom stereocenters. The number of halogens is 3. The van der Waals surface area contributed by atoms with Gasteiger partial charge in [-0.3, -0.25) is 14.4 Å². The van der Waals surface area contributed by atoms with Crippen molar-refractivity contribution < 1.29 is 37.0 Å². The van der Waals surface area contributed by atoms with Crippen LogP contribution in [0.3, 0.4) is 0 Å². The summed E-state index contributed by atoms with van der Waals surface area (Å²) in [6.45, 7) is 5.33. The lowest BCUT2D eigenvalue weighted by molar-refractivity contribution is -0.201. The fourth-order valence-electron chi connectivity index (χ4n) is 4.74. The van der Waals surface area contributed by atoms with E-state index in [0.29, 0.717) is 17.3 Å². The summed E-state index contributed by atoms with van der Waals surface area (Å²) >= 11 is 1.61. The lowest BCUT2D eigenvalue weighted by Crippen LogP contribution is -2.30. The van der Waals surface area contributed by atoms with E-state index in [9.17, 15) is 27.6 Å². The van der Waals surface area contributed by atoms with Crippen molar-refractivity contribution in [3.8, 4) is 16.1 Å². The number of hydrogen-bond donors (Lipinski definition) is 1. The molecule has 228 valence electrons. The van der Waals surface area contributed by atoms with E-state index in [2.05, 4.69) is 20.3 Å². The van der Waals surface area contributed by atoms with Gasteiger partial charge in [-0.1, -0.05) is 36.4 Å². The summed E-state index contributed by atoms with van der Waals surface area (Å²) in [6, 6.07) is 14.0. The van der Waals surface area contributed by atoms with Crippen molar-refractivity contribution in [2.45, 2.75) is 39.4 Å². The SMILES string of the molecule is COC(=O)C[C@@H]1N=C(c2ccc(-c3ccc(NCC(=O)OC(=O)C(F)(F)F)cc3)cc2)c2c(sc(C)c2C)-n2c(C)nnc21. The van der Waals surface area contributed by atoms with E-state index in [0.717, 1.165) is 43.4 Å². The third-order valence-electron chi connectivity index (χ3n) is 7.08. The number of esters is 3. The molecule has 2 aromatic heterocycles. The maximum Gasteiger partial charge on any atom is 0.491 e. The average molecular weight is 626 g/mol. The number of benzene rings is 2. The van der Waals surface area contributed by atoms with Crippen LogP contribution >= 0.6 is 11.3 Å². The van der Waals surface area contributed by atoms with Gasteiger partial charge in [-0.05, 0) is 49.6 Å². The molecule has 0 spiro atoms. The number of hydrogen-bond acceptors (Lipinski definition) is 10. The largest absolute Gasteiger partial charge is 0.491 e. The second-order valence-electron chi connectivity index (χ2n) is 9.95. The number of methoxy groups -OCH3 is 1. The molecule has 1 N–H and O–H groups in total. The Balaban J connectivity index is 1.40. The van der Waals surface area contributed by atoms with E-state index in [-0.39, 0.29) is 6.42 Å². The summed E-state index contributed by atoms with van der Waals surface area (Å²) in [7, 11) is 1.33. The number of carbonyl (C=O) groups excluding carboxylic acids is 3. The molecule has 4 aromatic rings. The van der Waals surface area contributed by atoms with Crippen LogP contribution in [-0.2, 0) is 23.9 Å². The van der Waals surface area contributed by atoms with Gasteiger partial charge in [0.15, 0.2) is 5.82 Å². The maximum atomic E-state index is 12.3. The molecule has 3 heterocycles. The van der Waals surface area contributed by atoms with Crippen molar-refractivity contribution >= 4 is 40.6 Å². The van der Waals surface area contributed by atoms with E-state index >= 15 is 0 Å². The summed E-state index contributed by atoms with van der Waals surface area (Å²) in [6.07, 6.45) is -5.25. The van der Waals surface area contributed by atoms with Gasteiger partial charge in [0.2, 0.25) is 0 Å². The molecular formula is C30H26F3N5O5S. The number of ether oxygens (including phenoxy) is 2. The first kappa shape index (κ1) is 30.6. The summed E-state index contributed by atoms with van der Waals surface area (Å²) < 4.78 is 47.5. The van der Waals surface area contributed by atoms with Gasteiger partial charge in [-0.25, -0.2) is 9.59 Å². The molecule has 0 bridgehead atoms. The summed E-state index contributed by atoms with van der Waals surface area (Å²) in [5, 5.41) is 12.2. The van der Waals surface area contributed by atoms with Gasteiger partial charge >= 0.3 is 24.1 Å². The molecule has 2 aromatic carbocycles. The van der Waals surface area contributed by atoms with Gasteiger partial charge in [0.25, 0.3) is 0 Å². The van der Waals surface area contributed by atoms with E-state index < -0.39 is 36.7 Å². The monoisotopic (exact) mass is 625 g/mol. The Labute approximate surface area is 253 Å². The standard InChI is InChI=1S/C30H26F3N5O5S/c1-15-16(2)44-28-25(15)26(35-22(13-23(39)42-4)27-37-36-17(3)38(27)28)20-7-5-18(6-8-20)19-9-11-21(12-10-19)34-14-24(40)43-29(41)30(31,32)33/h5-12,22,34H,13-14H2,1-4H3/t22-/m0/s1. The highest BCUT2D eigenvalue weighted by atomic mass is 32.1. The number of aliphatic imine (C=N–C) groups is 1. The van der Waals surface area contributed by atoms with Gasteiger partial charge in [0, 0.05) is 21.7 Å². The number of nitrogens with zero attached hydrogens (tertiary/aromatic N) is 4. The van der Waals surface area contributed by atoms with E-state index in [1.165, 1.54) is 7.11 Å². The van der Waals surface area contributed by atoms with Gasteiger partial charge in [-0.15, -0.1) is 21.5 Å². The molecule has 1 aliphatic heterocycles. The quantitative estimate of drug-likeness (QED) is 0.213. The highest BCUT2D eigenvalue weighted by molar-refractivity contribution is 7.15. The third kappa shape index (κ3) is 6.11. The zero-order valence-electron chi connectivity index (χ0n) is 24.0. The van der Waals surface area contributed by atoms with Crippen LogP contribution in [0.4, 0.5) is 18.9 Å². The first-order valence-electron chi connectivity index (χ1n) is 13.3. The number of thiophene rings is 1. The molecule has 44 heavy (non-hydrogen) atoms. The van der Waals surface area contributed by atoms with Crippen molar-refractivity contribution in [2.24, 2.45) is 4.99 Å². The average Bonchev–Trinajstić information content (AvgIpc) is 3.47. The molecule has 10 nitrogen and oxygen atoms in total. The van der Waals surface area contributed by atoms with E-state index in [1.807, 2.05) is 49.6 Å². The smallest absolute Gasteiger partial charge is 0.469 e. The molecule has 14 heteroatoms. The number of fused-ring (bicyclic) bond motifs is 3. The molecule has 0 radical (unpaired) electrons. The Bertz CT molecular complexity index is 1780. The molecule has 1 atom stereocenters. The molecule has 0 saturated heterocycles. The molecule has 0 fully saturated rings. The van der Waals surface area contributed by atoms with Gasteiger partial charge < -0.3 is 14.8 Å². The summed E-state index contributed by atoms with van der Waals surface area (Å²) in [4.78, 5) is 40.9. The number of aromatic nitrogens is 3. The Morgan fingerprint density at radius 3 is 2.16 bits per heavy atom. The van der Waals surface area contributed by atoms with Crippen molar-refractivity contribution in [1.82, 2.24) is 14.8 Å². The van der Waals surface area contributed by atoms with Gasteiger partial charge in [0.1, 0.15) is 23.4 Å². The van der Waals surface area contributed by atoms with Crippen molar-refractivity contribution in [1.29, 1.82) is 0 Å². The Kier molecular flexibility index (Phi) is 8.37. The van der Waals surface area contributed by atoms with Crippen LogP contribution in [0.2, 0.25) is 0 Å². The maximum absolute atomic E-state index is 12.3. The first-order chi connectivity index (χ1) is 20.9. The van der Waals surface area contributed by atoms with Crippen LogP contribution in [-0.4, -0.2) is 58.2 Å². The summed E-state index contributed by atoms with van der Waals surface area (Å²) in [5.74, 6) is -3.07. The minimum Gasteiger partial charge on any atom is -0.469 e. The highest BCUT2D eigenvalue weighted by Gasteiger charge is 2.42. The third-order valence-corrected chi connectivity index (χ3v) is 8.27. The summed E-state index contributed by atoms with van der Waals surface area (Å²) in [5.41, 5.74) is 5.75. The second kappa shape index (κ2) is 12.0. The molecule has 5 rings (SSSR count). The zero-order valence-corrected chi connectivity index (χ0v) is 24.8. The van der Waals surface area contributed by atoms with Crippen molar-refractivity contribution in [3.63, 3.8) is 0 Å². The lowest BCUT2D eigenvalue weighted by atomic mass is 9.97. The number of carbonyl (C=O) groups is 3. The van der Waals surface area contributed by atoms with Crippen molar-refractivity contribution in [2.75, 3.05) is 19.0 Å². The topological polar surface area (TPSA) is 125 Å². The number of anilines is 1. The lowest BCUT2D eigenvalue weighted by Gasteiger charge is -2.12. The fraction of sp³-hybridized carbons (Fsp3) is 0.267. The molecule has 0 saturated carbocycles. The van der Waals surface area contributed by atoms with Crippen LogP contribution in [0.15, 0.2) is 53.5 Å². The van der Waals surface area contributed by atoms with Crippen LogP contribution in [0.5, 0.6) is 0 Å². The highest BCUT2D eigenvalue weighted by Crippen LogP contribution is 2.39. The number of nitrogens with one attached hydrogen (secondary N) is 1. The van der Waals surface area contributed by atoms with E-state index in [1.54, 1.807) is 35.6 Å². The zero-order chi connectivity index (χ0) is 31.8. The Hall–Kier alpha value is -4.85. The molecular weight excluding hydrogens is 599 g/mol. The predicted octanol–water partition coefficient (Wildman–Crippen LogP) is 5.42. The van der Waals surface area contributed by atoms with E-state index in [4.69, 9.17) is 9.73 Å². The predicted molar refractivity (Wildman–Crippen MR) is 156 cm³/mol. The number of aryl methyl sites for hydroxylation is 2. The minimum absolute atomic E-state index is 0.0000690. The van der Waals surface area contributed by atoms with Gasteiger partial charge in [0.05, 0.1) is 19.2 Å². The number of alkyl halides is 3. The Morgan fingerprint density at radius 2 is 1.55 bits per heavy atom.